The molecular weight excluding hydrogens is 392 g/mol. The van der Waals surface area contributed by atoms with Gasteiger partial charge in [0.1, 0.15) is 11.5 Å². The Kier molecular flexibility index (Phi) is 4.97. The summed E-state index contributed by atoms with van der Waals surface area (Å²) in [5, 5.41) is 13.8. The molecule has 9 heteroatoms. The van der Waals surface area contributed by atoms with Gasteiger partial charge < -0.3 is 4.52 Å². The summed E-state index contributed by atoms with van der Waals surface area (Å²) < 4.78 is 6.20. The van der Waals surface area contributed by atoms with Crippen LogP contribution in [0.5, 0.6) is 0 Å². The lowest BCUT2D eigenvalue weighted by molar-refractivity contribution is -0.116. The second kappa shape index (κ2) is 7.38. The monoisotopic (exact) mass is 406 g/mol. The average molecular weight is 407 g/mol. The molecule has 2 heterocycles. The summed E-state index contributed by atoms with van der Waals surface area (Å²) in [6.07, 6.45) is 2.07. The molecule has 0 atom stereocenters. The highest BCUT2D eigenvalue weighted by molar-refractivity contribution is 8.00. The van der Waals surface area contributed by atoms with E-state index in [1.165, 1.54) is 23.1 Å². The fourth-order valence-corrected chi connectivity index (χ4v) is 4.47. The highest BCUT2D eigenvalue weighted by Gasteiger charge is 2.34. The van der Waals surface area contributed by atoms with E-state index >= 15 is 0 Å². The van der Waals surface area contributed by atoms with E-state index in [0.717, 1.165) is 34.2 Å². The number of hydrogen-bond donors (Lipinski definition) is 0. The van der Waals surface area contributed by atoms with Crippen molar-refractivity contribution in [2.45, 2.75) is 35.9 Å². The summed E-state index contributed by atoms with van der Waals surface area (Å²) in [5.74, 6) is 1.36. The summed E-state index contributed by atoms with van der Waals surface area (Å²) in [6.45, 7) is 1.57. The van der Waals surface area contributed by atoms with Crippen LogP contribution in [0.25, 0.3) is 11.3 Å². The maximum Gasteiger partial charge on any atom is 0.225 e. The number of amides is 1. The molecule has 0 saturated heterocycles. The molecule has 26 heavy (non-hydrogen) atoms. The van der Waals surface area contributed by atoms with Crippen molar-refractivity contribution in [3.8, 4) is 11.3 Å². The lowest BCUT2D eigenvalue weighted by atomic mass is 10.1. The summed E-state index contributed by atoms with van der Waals surface area (Å²) in [6, 6.07) is 9.65. The zero-order valence-electron chi connectivity index (χ0n) is 13.9. The Morgan fingerprint density at radius 1 is 1.35 bits per heavy atom. The predicted molar refractivity (Wildman–Crippen MR) is 103 cm³/mol. The Morgan fingerprint density at radius 2 is 2.12 bits per heavy atom. The molecule has 1 amide bonds. The molecule has 1 fully saturated rings. The Balaban J connectivity index is 1.40. The molecule has 2 aromatic heterocycles. The zero-order chi connectivity index (χ0) is 18.1. The van der Waals surface area contributed by atoms with Crippen LogP contribution in [0.4, 0.5) is 5.13 Å². The average Bonchev–Trinajstić information content (AvgIpc) is 3.15. The minimum absolute atomic E-state index is 0.0167. The molecule has 1 aromatic carbocycles. The molecule has 1 aliphatic rings. The van der Waals surface area contributed by atoms with Gasteiger partial charge in [0.15, 0.2) is 4.34 Å². The van der Waals surface area contributed by atoms with Crippen LogP contribution in [-0.4, -0.2) is 27.3 Å². The molecule has 1 aliphatic carbocycles. The first kappa shape index (κ1) is 17.5. The summed E-state index contributed by atoms with van der Waals surface area (Å²) >= 11 is 8.85. The third-order valence-corrected chi connectivity index (χ3v) is 6.22. The first-order valence-electron chi connectivity index (χ1n) is 8.08. The highest BCUT2D eigenvalue weighted by atomic mass is 35.5. The Morgan fingerprint density at radius 3 is 2.81 bits per heavy atom. The van der Waals surface area contributed by atoms with E-state index in [1.807, 2.05) is 30.3 Å². The number of halogens is 1. The topological polar surface area (TPSA) is 72.1 Å². The normalized spacial score (nSPS) is 13.8. The molecule has 3 aromatic rings. The van der Waals surface area contributed by atoms with Gasteiger partial charge in [-0.1, -0.05) is 52.0 Å². The van der Waals surface area contributed by atoms with E-state index in [9.17, 15) is 4.79 Å². The number of hydrogen-bond acceptors (Lipinski definition) is 7. The second-order valence-electron chi connectivity index (χ2n) is 5.94. The molecule has 1 saturated carbocycles. The third-order valence-electron chi connectivity index (χ3n) is 3.89. The lowest BCUT2D eigenvalue weighted by Gasteiger charge is -2.15. The minimum Gasteiger partial charge on any atom is -0.360 e. The maximum absolute atomic E-state index is 11.8. The quantitative estimate of drug-likeness (QED) is 0.438. The maximum atomic E-state index is 11.8. The molecule has 0 N–H and O–H groups in total. The van der Waals surface area contributed by atoms with Gasteiger partial charge in [-0.25, -0.2) is 0 Å². The van der Waals surface area contributed by atoms with Crippen LogP contribution in [0, 0.1) is 0 Å². The van der Waals surface area contributed by atoms with Crippen LogP contribution in [0.15, 0.2) is 39.2 Å². The van der Waals surface area contributed by atoms with Crippen molar-refractivity contribution in [1.82, 2.24) is 15.4 Å². The highest BCUT2D eigenvalue weighted by Crippen LogP contribution is 2.36. The first-order valence-corrected chi connectivity index (χ1v) is 10.3. The number of nitrogens with zero attached hydrogens (tertiary/aromatic N) is 4. The van der Waals surface area contributed by atoms with Gasteiger partial charge in [-0.2, -0.15) is 0 Å². The van der Waals surface area contributed by atoms with E-state index in [1.54, 1.807) is 11.8 Å². The van der Waals surface area contributed by atoms with E-state index in [0.29, 0.717) is 15.9 Å². The van der Waals surface area contributed by atoms with Gasteiger partial charge in [-0.05, 0) is 25.0 Å². The van der Waals surface area contributed by atoms with Crippen LogP contribution >= 0.6 is 34.7 Å². The Hall–Kier alpha value is -1.90. The van der Waals surface area contributed by atoms with Crippen molar-refractivity contribution in [3.63, 3.8) is 0 Å². The lowest BCUT2D eigenvalue weighted by Crippen LogP contribution is -2.30. The molecule has 134 valence electrons. The fraction of sp³-hybridized carbons (Fsp3) is 0.294. The van der Waals surface area contributed by atoms with Gasteiger partial charge >= 0.3 is 0 Å². The van der Waals surface area contributed by atoms with Gasteiger partial charge in [-0.15, -0.1) is 10.2 Å². The molecule has 6 nitrogen and oxygen atoms in total. The number of anilines is 1. The SMILES string of the molecule is CC(=O)N(c1nnc(SCc2cc(-c3ccc(Cl)cc3)no2)s1)C1CC1. The summed E-state index contributed by atoms with van der Waals surface area (Å²) in [7, 11) is 0. The van der Waals surface area contributed by atoms with E-state index in [2.05, 4.69) is 15.4 Å². The fourth-order valence-electron chi connectivity index (χ4n) is 2.51. The van der Waals surface area contributed by atoms with Crippen LogP contribution in [0.3, 0.4) is 0 Å². The van der Waals surface area contributed by atoms with Gasteiger partial charge in [0.25, 0.3) is 0 Å². The van der Waals surface area contributed by atoms with Crippen molar-refractivity contribution in [2.75, 3.05) is 4.90 Å². The molecule has 0 spiro atoms. The molecule has 0 bridgehead atoms. The first-order chi connectivity index (χ1) is 12.6. The Bertz CT molecular complexity index is 921. The standard InChI is InChI=1S/C17H15ClN4O2S2/c1-10(23)22(13-6-7-13)16-19-20-17(26-16)25-9-14-8-15(21-24-14)11-2-4-12(18)5-3-11/h2-5,8,13H,6-7,9H2,1H3. The van der Waals surface area contributed by atoms with Crippen LogP contribution < -0.4 is 4.90 Å². The zero-order valence-corrected chi connectivity index (χ0v) is 16.3. The van der Waals surface area contributed by atoms with Crippen molar-refractivity contribution in [3.05, 3.63) is 41.1 Å². The molecule has 0 radical (unpaired) electrons. The molecule has 4 rings (SSSR count). The summed E-state index contributed by atoms with van der Waals surface area (Å²) in [4.78, 5) is 13.5. The van der Waals surface area contributed by atoms with Gasteiger partial charge in [0.2, 0.25) is 11.0 Å². The van der Waals surface area contributed by atoms with Gasteiger partial charge in [0.05, 0.1) is 5.75 Å². The number of carbonyl (C=O) groups excluding carboxylic acids is 1. The minimum atomic E-state index is 0.0167. The smallest absolute Gasteiger partial charge is 0.225 e. The number of carbonyl (C=O) groups is 1. The largest absolute Gasteiger partial charge is 0.360 e. The van der Waals surface area contributed by atoms with E-state index in [4.69, 9.17) is 16.1 Å². The predicted octanol–water partition coefficient (Wildman–Crippen LogP) is 4.65. The van der Waals surface area contributed by atoms with Crippen molar-refractivity contribution >= 4 is 45.7 Å². The van der Waals surface area contributed by atoms with Crippen molar-refractivity contribution in [1.29, 1.82) is 0 Å². The molecule has 0 unspecified atom stereocenters. The summed E-state index contributed by atoms with van der Waals surface area (Å²) in [5.41, 5.74) is 1.72. The van der Waals surface area contributed by atoms with Crippen LogP contribution in [-0.2, 0) is 10.5 Å². The van der Waals surface area contributed by atoms with Gasteiger partial charge in [-0.3, -0.25) is 9.69 Å². The number of rotatable bonds is 6. The van der Waals surface area contributed by atoms with Crippen molar-refractivity contribution < 1.29 is 9.32 Å². The van der Waals surface area contributed by atoms with Crippen LogP contribution in [0.2, 0.25) is 5.02 Å². The third kappa shape index (κ3) is 3.92. The second-order valence-corrected chi connectivity index (χ2v) is 8.56. The number of thioether (sulfide) groups is 1. The molecular formula is C17H15ClN4O2S2. The van der Waals surface area contributed by atoms with E-state index in [-0.39, 0.29) is 11.9 Å². The number of aromatic nitrogens is 3. The van der Waals surface area contributed by atoms with Crippen molar-refractivity contribution in [2.24, 2.45) is 0 Å². The van der Waals surface area contributed by atoms with Gasteiger partial charge in [0, 0.05) is 29.6 Å². The Labute approximate surface area is 163 Å². The van der Waals surface area contributed by atoms with E-state index < -0.39 is 0 Å². The number of benzene rings is 1. The van der Waals surface area contributed by atoms with Crippen LogP contribution in [0.1, 0.15) is 25.5 Å². The molecule has 0 aliphatic heterocycles.